The summed E-state index contributed by atoms with van der Waals surface area (Å²) in [5.74, 6) is -0.336. The van der Waals surface area contributed by atoms with Gasteiger partial charge in [0.15, 0.2) is 6.73 Å². The molecule has 26 heavy (non-hydrogen) atoms. The van der Waals surface area contributed by atoms with E-state index in [1.165, 1.54) is 0 Å². The van der Waals surface area contributed by atoms with Crippen molar-refractivity contribution < 1.29 is 28.4 Å². The van der Waals surface area contributed by atoms with Gasteiger partial charge in [-0.15, -0.1) is 0 Å². The zero-order valence-electron chi connectivity index (χ0n) is 17.3. The van der Waals surface area contributed by atoms with Crippen molar-refractivity contribution in [2.75, 3.05) is 6.73 Å². The zero-order valence-corrected chi connectivity index (χ0v) is 17.3. The molecular formula is C18H34BNO6. The molecular weight excluding hydrogens is 337 g/mol. The number of nitrogens with one attached hydrogen (secondary N) is 1. The summed E-state index contributed by atoms with van der Waals surface area (Å²) in [6.07, 6.45) is 3.05. The number of amides is 1. The molecule has 0 aliphatic carbocycles. The van der Waals surface area contributed by atoms with Crippen LogP contribution >= 0.6 is 0 Å². The van der Waals surface area contributed by atoms with Gasteiger partial charge < -0.3 is 18.8 Å². The molecule has 0 aromatic carbocycles. The van der Waals surface area contributed by atoms with Crippen LogP contribution in [0.25, 0.3) is 0 Å². The average molecular weight is 371 g/mol. The van der Waals surface area contributed by atoms with E-state index in [2.05, 4.69) is 5.32 Å². The lowest BCUT2D eigenvalue weighted by molar-refractivity contribution is -0.144. The van der Waals surface area contributed by atoms with Gasteiger partial charge in [-0.1, -0.05) is 12.8 Å². The van der Waals surface area contributed by atoms with Crippen LogP contribution in [0.2, 0.25) is 6.32 Å². The molecule has 7 nitrogen and oxygen atoms in total. The van der Waals surface area contributed by atoms with E-state index in [0.29, 0.717) is 6.42 Å². The predicted octanol–water partition coefficient (Wildman–Crippen LogP) is 3.66. The third-order valence-corrected chi connectivity index (χ3v) is 4.47. The van der Waals surface area contributed by atoms with Gasteiger partial charge in [-0.25, -0.2) is 4.79 Å². The largest absolute Gasteiger partial charge is 0.457 e. The Balaban J connectivity index is 2.06. The lowest BCUT2D eigenvalue weighted by Crippen LogP contribution is -2.41. The molecule has 0 radical (unpaired) electrons. The summed E-state index contributed by atoms with van der Waals surface area (Å²) in [6, 6.07) is 0. The van der Waals surface area contributed by atoms with Crippen molar-refractivity contribution in [1.29, 1.82) is 0 Å². The highest BCUT2D eigenvalue weighted by Gasteiger charge is 2.50. The summed E-state index contributed by atoms with van der Waals surface area (Å²) in [7, 11) is -0.190. The average Bonchev–Trinajstić information content (AvgIpc) is 2.64. The first kappa shape index (κ1) is 22.8. The Labute approximate surface area is 157 Å². The van der Waals surface area contributed by atoms with Crippen molar-refractivity contribution in [3.05, 3.63) is 0 Å². The van der Waals surface area contributed by atoms with E-state index in [9.17, 15) is 9.59 Å². The molecule has 0 unspecified atom stereocenters. The van der Waals surface area contributed by atoms with Crippen molar-refractivity contribution in [3.8, 4) is 0 Å². The number of carbonyl (C=O) groups excluding carboxylic acids is 2. The van der Waals surface area contributed by atoms with Gasteiger partial charge in [-0.2, -0.15) is 0 Å². The van der Waals surface area contributed by atoms with Crippen LogP contribution in [0.15, 0.2) is 0 Å². The molecule has 1 fully saturated rings. The van der Waals surface area contributed by atoms with Gasteiger partial charge in [0.05, 0.1) is 11.2 Å². The van der Waals surface area contributed by atoms with Crippen LogP contribution in [0.5, 0.6) is 0 Å². The monoisotopic (exact) mass is 371 g/mol. The molecule has 0 aromatic heterocycles. The van der Waals surface area contributed by atoms with Gasteiger partial charge in [0.25, 0.3) is 0 Å². The Hall–Kier alpha value is -1.28. The summed E-state index contributed by atoms with van der Waals surface area (Å²) in [5, 5.41) is 2.39. The fourth-order valence-corrected chi connectivity index (χ4v) is 2.40. The van der Waals surface area contributed by atoms with E-state index in [1.807, 2.05) is 27.7 Å². The summed E-state index contributed by atoms with van der Waals surface area (Å²) < 4.78 is 21.9. The highest BCUT2D eigenvalue weighted by molar-refractivity contribution is 6.45. The lowest BCUT2D eigenvalue weighted by atomic mass is 9.82. The van der Waals surface area contributed by atoms with Gasteiger partial charge in [0.2, 0.25) is 0 Å². The Morgan fingerprint density at radius 2 is 1.58 bits per heavy atom. The van der Waals surface area contributed by atoms with Crippen LogP contribution in [0.4, 0.5) is 4.79 Å². The number of esters is 1. The predicted molar refractivity (Wildman–Crippen MR) is 99.7 cm³/mol. The van der Waals surface area contributed by atoms with Crippen LogP contribution in [0.1, 0.15) is 74.1 Å². The molecule has 8 heteroatoms. The van der Waals surface area contributed by atoms with Crippen molar-refractivity contribution in [3.63, 3.8) is 0 Å². The third kappa shape index (κ3) is 7.95. The minimum Gasteiger partial charge on any atom is -0.444 e. The molecule has 1 amide bonds. The molecule has 1 saturated heterocycles. The molecule has 0 bridgehead atoms. The van der Waals surface area contributed by atoms with Crippen molar-refractivity contribution >= 4 is 19.2 Å². The van der Waals surface area contributed by atoms with Crippen LogP contribution in [-0.4, -0.2) is 42.7 Å². The van der Waals surface area contributed by atoms with Crippen molar-refractivity contribution in [1.82, 2.24) is 5.32 Å². The van der Waals surface area contributed by atoms with E-state index in [0.717, 1.165) is 25.6 Å². The standard InChI is InChI=1S/C18H34BNO6/c1-16(2,3)24-15(22)20-13-23-14(21)11-9-8-10-12-19-25-17(4,5)18(6,7)26-19/h8-13H2,1-7H3,(H,20,22). The Morgan fingerprint density at radius 1 is 1.00 bits per heavy atom. The van der Waals surface area contributed by atoms with E-state index in [-0.39, 0.29) is 31.0 Å². The minimum atomic E-state index is -0.604. The van der Waals surface area contributed by atoms with Crippen LogP contribution in [-0.2, 0) is 23.6 Å². The first-order valence-electron chi connectivity index (χ1n) is 9.30. The first-order valence-corrected chi connectivity index (χ1v) is 9.30. The number of rotatable bonds is 8. The van der Waals surface area contributed by atoms with Gasteiger partial charge in [-0.3, -0.25) is 10.1 Å². The fourth-order valence-electron chi connectivity index (χ4n) is 2.40. The van der Waals surface area contributed by atoms with Gasteiger partial charge in [-0.05, 0) is 61.2 Å². The maximum Gasteiger partial charge on any atom is 0.457 e. The topological polar surface area (TPSA) is 83.1 Å². The smallest absolute Gasteiger partial charge is 0.444 e. The van der Waals surface area contributed by atoms with E-state index in [4.69, 9.17) is 18.8 Å². The second-order valence-electron chi connectivity index (χ2n) is 8.62. The maximum atomic E-state index is 11.6. The Morgan fingerprint density at radius 3 is 2.12 bits per heavy atom. The highest BCUT2D eigenvalue weighted by Crippen LogP contribution is 2.38. The fraction of sp³-hybridized carbons (Fsp3) is 0.889. The molecule has 1 aliphatic rings. The minimum absolute atomic E-state index is 0.179. The third-order valence-electron chi connectivity index (χ3n) is 4.47. The second kappa shape index (κ2) is 9.08. The van der Waals surface area contributed by atoms with E-state index >= 15 is 0 Å². The molecule has 1 aliphatic heterocycles. The number of ether oxygens (including phenoxy) is 2. The van der Waals surface area contributed by atoms with Crippen LogP contribution in [0, 0.1) is 0 Å². The van der Waals surface area contributed by atoms with Crippen LogP contribution in [0.3, 0.4) is 0 Å². The van der Waals surface area contributed by atoms with Gasteiger partial charge in [0.1, 0.15) is 5.60 Å². The molecule has 150 valence electrons. The number of hydrogen-bond acceptors (Lipinski definition) is 6. The van der Waals surface area contributed by atoms with Gasteiger partial charge in [0, 0.05) is 6.42 Å². The molecule has 0 aromatic rings. The Kier molecular flexibility index (Phi) is 7.95. The molecule has 1 N–H and O–H groups in total. The normalized spacial score (nSPS) is 18.5. The Bertz CT molecular complexity index is 471. The number of unbranched alkanes of at least 4 members (excludes halogenated alkanes) is 2. The molecule has 1 heterocycles. The summed E-state index contributed by atoms with van der Waals surface area (Å²) in [6.45, 7) is 13.3. The van der Waals surface area contributed by atoms with E-state index < -0.39 is 11.7 Å². The van der Waals surface area contributed by atoms with E-state index in [1.54, 1.807) is 20.8 Å². The van der Waals surface area contributed by atoms with Crippen molar-refractivity contribution in [2.24, 2.45) is 0 Å². The number of carbonyl (C=O) groups is 2. The molecule has 1 rings (SSSR count). The second-order valence-corrected chi connectivity index (χ2v) is 8.62. The van der Waals surface area contributed by atoms with Gasteiger partial charge >= 0.3 is 19.2 Å². The number of alkyl carbamates (subject to hydrolysis) is 1. The molecule has 0 saturated carbocycles. The molecule has 0 atom stereocenters. The lowest BCUT2D eigenvalue weighted by Gasteiger charge is -2.32. The summed E-state index contributed by atoms with van der Waals surface area (Å²) in [5.41, 5.74) is -1.18. The summed E-state index contributed by atoms with van der Waals surface area (Å²) >= 11 is 0. The number of hydrogen-bond donors (Lipinski definition) is 1. The van der Waals surface area contributed by atoms with Crippen LogP contribution < -0.4 is 5.32 Å². The SMILES string of the molecule is CC(C)(C)OC(=O)NCOC(=O)CCCCCB1OC(C)(C)C(C)(C)O1. The highest BCUT2D eigenvalue weighted by atomic mass is 16.7. The zero-order chi connectivity index (χ0) is 20.0. The molecule has 0 spiro atoms. The summed E-state index contributed by atoms with van der Waals surface area (Å²) in [4.78, 5) is 23.0. The quantitative estimate of drug-likeness (QED) is 0.303. The maximum absolute atomic E-state index is 11.6. The first-order chi connectivity index (χ1) is 11.8. The van der Waals surface area contributed by atoms with Crippen molar-refractivity contribution in [2.45, 2.75) is 97.3 Å².